The Kier molecular flexibility index (Phi) is 6.80. The van der Waals surface area contributed by atoms with Gasteiger partial charge < -0.3 is 9.64 Å². The minimum absolute atomic E-state index is 0.0291. The van der Waals surface area contributed by atoms with Crippen LogP contribution in [0.4, 0.5) is 0 Å². The van der Waals surface area contributed by atoms with Gasteiger partial charge >= 0.3 is 5.97 Å². The van der Waals surface area contributed by atoms with Gasteiger partial charge in [0.05, 0.1) is 20.2 Å². The summed E-state index contributed by atoms with van der Waals surface area (Å²) in [5, 5.41) is 0. The Hall–Kier alpha value is -1.10. The molecule has 0 atom stereocenters. The second kappa shape index (κ2) is 7.27. The van der Waals surface area contributed by atoms with Crippen LogP contribution in [0.15, 0.2) is 0 Å². The average molecular weight is 244 g/mol. The van der Waals surface area contributed by atoms with Crippen molar-refractivity contribution in [1.82, 2.24) is 9.80 Å². The van der Waals surface area contributed by atoms with Crippen molar-refractivity contribution in [2.75, 3.05) is 27.2 Å². The van der Waals surface area contributed by atoms with E-state index in [-0.39, 0.29) is 37.0 Å². The molecule has 0 aliphatic heterocycles. The Morgan fingerprint density at radius 1 is 1.06 bits per heavy atom. The molecule has 5 nitrogen and oxygen atoms in total. The number of esters is 1. The number of rotatable bonds is 6. The first-order valence-corrected chi connectivity index (χ1v) is 5.86. The lowest BCUT2D eigenvalue weighted by Gasteiger charge is -2.32. The third kappa shape index (κ3) is 5.68. The SMILES string of the molecule is COC(=O)CN(C)CC(=O)N(C(C)C)C(C)C. The van der Waals surface area contributed by atoms with Gasteiger partial charge in [0.1, 0.15) is 0 Å². The number of nitrogens with zero attached hydrogens (tertiary/aromatic N) is 2. The Morgan fingerprint density at radius 3 is 1.88 bits per heavy atom. The van der Waals surface area contributed by atoms with Gasteiger partial charge in [0.15, 0.2) is 0 Å². The van der Waals surface area contributed by atoms with Crippen LogP contribution < -0.4 is 0 Å². The van der Waals surface area contributed by atoms with E-state index in [2.05, 4.69) is 4.74 Å². The lowest BCUT2D eigenvalue weighted by Crippen LogP contribution is -2.47. The maximum atomic E-state index is 12.0. The second-order valence-corrected chi connectivity index (χ2v) is 4.74. The van der Waals surface area contributed by atoms with Crippen LogP contribution in [0, 0.1) is 0 Å². The summed E-state index contributed by atoms with van der Waals surface area (Å²) in [4.78, 5) is 26.6. The van der Waals surface area contributed by atoms with Crippen molar-refractivity contribution in [3.05, 3.63) is 0 Å². The normalized spacial score (nSPS) is 11.1. The molecule has 0 saturated heterocycles. The highest BCUT2D eigenvalue weighted by molar-refractivity contribution is 5.79. The van der Waals surface area contributed by atoms with Crippen molar-refractivity contribution < 1.29 is 14.3 Å². The molecule has 1 amide bonds. The summed E-state index contributed by atoms with van der Waals surface area (Å²) in [7, 11) is 3.07. The standard InChI is InChI=1S/C12H24N2O3/c1-9(2)14(10(3)4)11(15)7-13(5)8-12(16)17-6/h9-10H,7-8H2,1-6H3. The summed E-state index contributed by atoms with van der Waals surface area (Å²) in [6.45, 7) is 8.30. The number of amides is 1. The van der Waals surface area contributed by atoms with Crippen LogP contribution in [0.3, 0.4) is 0 Å². The van der Waals surface area contributed by atoms with E-state index in [9.17, 15) is 9.59 Å². The number of likely N-dealkylation sites (N-methyl/N-ethyl adjacent to an activating group) is 1. The summed E-state index contributed by atoms with van der Waals surface area (Å²) in [5.74, 6) is -0.303. The number of ether oxygens (including phenoxy) is 1. The van der Waals surface area contributed by atoms with Crippen molar-refractivity contribution in [3.63, 3.8) is 0 Å². The third-order valence-corrected chi connectivity index (χ3v) is 2.43. The molecule has 100 valence electrons. The summed E-state index contributed by atoms with van der Waals surface area (Å²) < 4.78 is 4.55. The molecule has 0 aromatic rings. The van der Waals surface area contributed by atoms with Gasteiger partial charge in [-0.25, -0.2) is 0 Å². The lowest BCUT2D eigenvalue weighted by atomic mass is 10.2. The molecule has 17 heavy (non-hydrogen) atoms. The molecule has 0 radical (unpaired) electrons. The summed E-state index contributed by atoms with van der Waals surface area (Å²) >= 11 is 0. The summed E-state index contributed by atoms with van der Waals surface area (Å²) in [6.07, 6.45) is 0. The molecule has 0 bridgehead atoms. The van der Waals surface area contributed by atoms with Crippen LogP contribution in [0.1, 0.15) is 27.7 Å². The molecule has 5 heteroatoms. The monoisotopic (exact) mass is 244 g/mol. The smallest absolute Gasteiger partial charge is 0.319 e. The van der Waals surface area contributed by atoms with Crippen molar-refractivity contribution >= 4 is 11.9 Å². The Bertz CT molecular complexity index is 256. The minimum atomic E-state index is -0.332. The number of carbonyl (C=O) groups excluding carboxylic acids is 2. The first-order chi connectivity index (χ1) is 7.79. The van der Waals surface area contributed by atoms with Crippen molar-refractivity contribution in [2.45, 2.75) is 39.8 Å². The van der Waals surface area contributed by atoms with E-state index in [1.54, 1.807) is 11.9 Å². The van der Waals surface area contributed by atoms with Crippen LogP contribution in [-0.4, -0.2) is 61.0 Å². The van der Waals surface area contributed by atoms with E-state index < -0.39 is 0 Å². The van der Waals surface area contributed by atoms with Gasteiger partial charge in [-0.05, 0) is 34.7 Å². The quantitative estimate of drug-likeness (QED) is 0.647. The molecular weight excluding hydrogens is 220 g/mol. The average Bonchev–Trinajstić information content (AvgIpc) is 2.15. The van der Waals surface area contributed by atoms with Gasteiger partial charge in [-0.2, -0.15) is 0 Å². The van der Waals surface area contributed by atoms with E-state index in [4.69, 9.17) is 0 Å². The molecular formula is C12H24N2O3. The molecule has 0 spiro atoms. The van der Waals surface area contributed by atoms with E-state index >= 15 is 0 Å². The first kappa shape index (κ1) is 15.9. The summed E-state index contributed by atoms with van der Waals surface area (Å²) in [5.41, 5.74) is 0. The zero-order valence-corrected chi connectivity index (χ0v) is 11.7. The number of carbonyl (C=O) groups is 2. The van der Waals surface area contributed by atoms with Crippen LogP contribution in [0.2, 0.25) is 0 Å². The Labute approximate surface area is 104 Å². The zero-order valence-electron chi connectivity index (χ0n) is 11.7. The summed E-state index contributed by atoms with van der Waals surface area (Å²) in [6, 6.07) is 0.322. The van der Waals surface area contributed by atoms with Crippen molar-refractivity contribution in [2.24, 2.45) is 0 Å². The minimum Gasteiger partial charge on any atom is -0.468 e. The maximum absolute atomic E-state index is 12.0. The highest BCUT2D eigenvalue weighted by atomic mass is 16.5. The number of hydrogen-bond donors (Lipinski definition) is 0. The molecule has 0 N–H and O–H groups in total. The molecule has 0 aliphatic carbocycles. The van der Waals surface area contributed by atoms with Gasteiger partial charge in [-0.3, -0.25) is 14.5 Å². The second-order valence-electron chi connectivity index (χ2n) is 4.74. The van der Waals surface area contributed by atoms with Crippen LogP contribution in [0.25, 0.3) is 0 Å². The molecule has 0 aromatic carbocycles. The molecule has 0 saturated carbocycles. The fraction of sp³-hybridized carbons (Fsp3) is 0.833. The van der Waals surface area contributed by atoms with Crippen LogP contribution >= 0.6 is 0 Å². The van der Waals surface area contributed by atoms with Crippen LogP contribution in [0.5, 0.6) is 0 Å². The highest BCUT2D eigenvalue weighted by Gasteiger charge is 2.21. The molecule has 0 unspecified atom stereocenters. The maximum Gasteiger partial charge on any atom is 0.319 e. The molecule has 0 rings (SSSR count). The van der Waals surface area contributed by atoms with Gasteiger partial charge in [0.25, 0.3) is 0 Å². The predicted octanol–water partition coefficient (Wildman–Crippen LogP) is 0.737. The highest BCUT2D eigenvalue weighted by Crippen LogP contribution is 2.06. The predicted molar refractivity (Wildman–Crippen MR) is 66.6 cm³/mol. The fourth-order valence-corrected chi connectivity index (χ4v) is 1.83. The molecule has 0 fully saturated rings. The first-order valence-electron chi connectivity index (χ1n) is 5.86. The van der Waals surface area contributed by atoms with Gasteiger partial charge in [0, 0.05) is 12.1 Å². The number of methoxy groups -OCH3 is 1. The Balaban J connectivity index is 4.36. The van der Waals surface area contributed by atoms with Gasteiger partial charge in [-0.15, -0.1) is 0 Å². The lowest BCUT2D eigenvalue weighted by molar-refractivity contribution is -0.142. The molecule has 0 heterocycles. The van der Waals surface area contributed by atoms with Gasteiger partial charge in [-0.1, -0.05) is 0 Å². The largest absolute Gasteiger partial charge is 0.468 e. The van der Waals surface area contributed by atoms with E-state index in [0.29, 0.717) is 0 Å². The van der Waals surface area contributed by atoms with E-state index in [1.807, 2.05) is 32.6 Å². The third-order valence-electron chi connectivity index (χ3n) is 2.43. The fourth-order valence-electron chi connectivity index (χ4n) is 1.83. The molecule has 0 aliphatic rings. The number of hydrogen-bond acceptors (Lipinski definition) is 4. The molecule has 0 aromatic heterocycles. The topological polar surface area (TPSA) is 49.9 Å². The van der Waals surface area contributed by atoms with Crippen LogP contribution in [-0.2, 0) is 14.3 Å². The van der Waals surface area contributed by atoms with E-state index in [0.717, 1.165) is 0 Å². The van der Waals surface area contributed by atoms with E-state index in [1.165, 1.54) is 7.11 Å². The van der Waals surface area contributed by atoms with Crippen molar-refractivity contribution in [3.8, 4) is 0 Å². The Morgan fingerprint density at radius 2 is 1.53 bits per heavy atom. The zero-order chi connectivity index (χ0) is 13.6. The van der Waals surface area contributed by atoms with Crippen molar-refractivity contribution in [1.29, 1.82) is 0 Å². The van der Waals surface area contributed by atoms with Gasteiger partial charge in [0.2, 0.25) is 5.91 Å².